The number of carbonyl (C=O) groups excluding carboxylic acids is 1. The number of Topliss-reactive ketones (excluding diaryl/α,β-unsaturated/α-hetero) is 1. The number of halogens is 1. The normalized spacial score (nSPS) is 10.5. The van der Waals surface area contributed by atoms with Gasteiger partial charge >= 0.3 is 0 Å². The van der Waals surface area contributed by atoms with Crippen molar-refractivity contribution in [3.8, 4) is 0 Å². The van der Waals surface area contributed by atoms with Crippen LogP contribution in [0.4, 0.5) is 0 Å². The Morgan fingerprint density at radius 3 is 2.71 bits per heavy atom. The van der Waals surface area contributed by atoms with Gasteiger partial charge in [-0.05, 0) is 12.5 Å². The number of nitrogens with zero attached hydrogens (tertiary/aromatic N) is 1. The van der Waals surface area contributed by atoms with Gasteiger partial charge in [-0.25, -0.2) is 0 Å². The molecule has 0 N–H and O–H groups in total. The predicted octanol–water partition coefficient (Wildman–Crippen LogP) is 3.15. The first-order valence-electron chi connectivity index (χ1n) is 5.30. The van der Waals surface area contributed by atoms with E-state index < -0.39 is 0 Å². The molecule has 0 saturated heterocycles. The largest absolute Gasteiger partial charge is 0.353 e. The molecule has 0 unspecified atom stereocenters. The Hall–Kier alpha value is -1.42. The van der Waals surface area contributed by atoms with Gasteiger partial charge in [-0.2, -0.15) is 0 Å². The van der Waals surface area contributed by atoms with Gasteiger partial charge in [-0.15, -0.1) is 0 Å². The predicted molar refractivity (Wildman–Crippen MR) is 68.6 cm³/mol. The standard InChI is InChI=1S/C13H12BrNO2/c1-9-11(7-10-5-3-2-4-6-10)15-17-13(9)12(16)8-14/h2-6H,7-8H2,1H3. The molecule has 2 rings (SSSR count). The van der Waals surface area contributed by atoms with Crippen molar-refractivity contribution in [1.29, 1.82) is 0 Å². The van der Waals surface area contributed by atoms with E-state index in [1.165, 1.54) is 0 Å². The van der Waals surface area contributed by atoms with Crippen LogP contribution in [-0.4, -0.2) is 16.3 Å². The van der Waals surface area contributed by atoms with Gasteiger partial charge in [0.15, 0.2) is 0 Å². The number of alkyl halides is 1. The summed E-state index contributed by atoms with van der Waals surface area (Å²) in [4.78, 5) is 11.5. The van der Waals surface area contributed by atoms with E-state index >= 15 is 0 Å². The van der Waals surface area contributed by atoms with Gasteiger partial charge in [0.05, 0.1) is 11.0 Å². The fraction of sp³-hybridized carbons (Fsp3) is 0.231. The molecule has 4 heteroatoms. The second-order valence-corrected chi connectivity index (χ2v) is 4.36. The molecule has 0 aliphatic heterocycles. The molecular weight excluding hydrogens is 282 g/mol. The molecule has 0 radical (unpaired) electrons. The molecule has 0 bridgehead atoms. The third-order valence-electron chi connectivity index (χ3n) is 2.61. The third kappa shape index (κ3) is 2.64. The van der Waals surface area contributed by atoms with Crippen LogP contribution in [0.2, 0.25) is 0 Å². The Kier molecular flexibility index (Phi) is 3.74. The molecule has 1 aromatic heterocycles. The van der Waals surface area contributed by atoms with Gasteiger partial charge in [0, 0.05) is 12.0 Å². The Morgan fingerprint density at radius 2 is 2.06 bits per heavy atom. The fourth-order valence-electron chi connectivity index (χ4n) is 1.64. The molecule has 0 fully saturated rings. The maximum atomic E-state index is 11.5. The summed E-state index contributed by atoms with van der Waals surface area (Å²) in [6.07, 6.45) is 0.686. The maximum absolute atomic E-state index is 11.5. The van der Waals surface area contributed by atoms with Gasteiger partial charge < -0.3 is 4.52 Å². The molecule has 88 valence electrons. The average Bonchev–Trinajstić information content (AvgIpc) is 2.72. The lowest BCUT2D eigenvalue weighted by molar-refractivity contribution is 0.0984. The van der Waals surface area contributed by atoms with Gasteiger partial charge in [-0.3, -0.25) is 4.79 Å². The highest BCUT2D eigenvalue weighted by molar-refractivity contribution is 9.09. The Bertz CT molecular complexity index is 519. The van der Waals surface area contributed by atoms with Crippen molar-refractivity contribution in [2.75, 3.05) is 5.33 Å². The number of rotatable bonds is 4. The minimum Gasteiger partial charge on any atom is -0.353 e. The van der Waals surface area contributed by atoms with Crippen LogP contribution in [0.1, 0.15) is 27.4 Å². The van der Waals surface area contributed by atoms with Gasteiger partial charge in [0.1, 0.15) is 0 Å². The fourth-order valence-corrected chi connectivity index (χ4v) is 1.90. The van der Waals surface area contributed by atoms with Crippen LogP contribution < -0.4 is 0 Å². The molecule has 0 saturated carbocycles. The molecule has 2 aromatic rings. The van der Waals surface area contributed by atoms with Crippen LogP contribution in [0.25, 0.3) is 0 Å². The van der Waals surface area contributed by atoms with Crippen LogP contribution in [0.15, 0.2) is 34.9 Å². The minimum absolute atomic E-state index is 0.0747. The summed E-state index contributed by atoms with van der Waals surface area (Å²) in [5.74, 6) is 0.280. The van der Waals surface area contributed by atoms with E-state index in [9.17, 15) is 4.79 Å². The van der Waals surface area contributed by atoms with Crippen molar-refractivity contribution < 1.29 is 9.32 Å². The van der Waals surface area contributed by atoms with E-state index in [2.05, 4.69) is 21.1 Å². The highest BCUT2D eigenvalue weighted by Gasteiger charge is 2.17. The van der Waals surface area contributed by atoms with Crippen LogP contribution in [-0.2, 0) is 6.42 Å². The Labute approximate surface area is 108 Å². The van der Waals surface area contributed by atoms with Gasteiger partial charge in [0.2, 0.25) is 11.5 Å². The lowest BCUT2D eigenvalue weighted by Crippen LogP contribution is -2.00. The third-order valence-corrected chi connectivity index (χ3v) is 3.12. The zero-order valence-corrected chi connectivity index (χ0v) is 11.0. The van der Waals surface area contributed by atoms with Crippen molar-refractivity contribution >= 4 is 21.7 Å². The zero-order valence-electron chi connectivity index (χ0n) is 9.44. The molecule has 0 atom stereocenters. The zero-order chi connectivity index (χ0) is 12.3. The van der Waals surface area contributed by atoms with Crippen LogP contribution in [0.3, 0.4) is 0 Å². The molecule has 0 aliphatic rings. The summed E-state index contributed by atoms with van der Waals surface area (Å²) in [6.45, 7) is 1.87. The number of aromatic nitrogens is 1. The van der Waals surface area contributed by atoms with E-state index in [1.807, 2.05) is 37.3 Å². The summed E-state index contributed by atoms with van der Waals surface area (Å²) >= 11 is 3.12. The SMILES string of the molecule is Cc1c(Cc2ccccc2)noc1C(=O)CBr. The lowest BCUT2D eigenvalue weighted by Gasteiger charge is -1.98. The van der Waals surface area contributed by atoms with Crippen molar-refractivity contribution in [2.45, 2.75) is 13.3 Å². The van der Waals surface area contributed by atoms with Crippen molar-refractivity contribution in [1.82, 2.24) is 5.16 Å². The van der Waals surface area contributed by atoms with E-state index in [4.69, 9.17) is 4.52 Å². The van der Waals surface area contributed by atoms with Gasteiger partial charge in [-0.1, -0.05) is 51.4 Å². The first-order chi connectivity index (χ1) is 8.22. The minimum atomic E-state index is -0.0747. The molecule has 3 nitrogen and oxygen atoms in total. The maximum Gasteiger partial charge on any atom is 0.211 e. The second kappa shape index (κ2) is 5.27. The summed E-state index contributed by atoms with van der Waals surface area (Å²) in [5.41, 5.74) is 2.81. The molecule has 1 heterocycles. The second-order valence-electron chi connectivity index (χ2n) is 3.80. The van der Waals surface area contributed by atoms with Crippen LogP contribution in [0.5, 0.6) is 0 Å². The van der Waals surface area contributed by atoms with E-state index in [0.29, 0.717) is 12.2 Å². The number of benzene rings is 1. The average molecular weight is 294 g/mol. The van der Waals surface area contributed by atoms with E-state index in [1.54, 1.807) is 0 Å². The molecule has 0 amide bonds. The Balaban J connectivity index is 2.24. The lowest BCUT2D eigenvalue weighted by atomic mass is 10.1. The number of hydrogen-bond acceptors (Lipinski definition) is 3. The highest BCUT2D eigenvalue weighted by Crippen LogP contribution is 2.17. The topological polar surface area (TPSA) is 43.1 Å². The van der Waals surface area contributed by atoms with Crippen molar-refractivity contribution in [2.24, 2.45) is 0 Å². The first kappa shape index (κ1) is 12.0. The Morgan fingerprint density at radius 1 is 1.35 bits per heavy atom. The molecule has 0 aliphatic carbocycles. The summed E-state index contributed by atoms with van der Waals surface area (Å²) in [5, 5.41) is 4.22. The monoisotopic (exact) mass is 293 g/mol. The van der Waals surface area contributed by atoms with Crippen molar-refractivity contribution in [3.05, 3.63) is 52.9 Å². The van der Waals surface area contributed by atoms with Crippen molar-refractivity contribution in [3.63, 3.8) is 0 Å². The molecule has 0 spiro atoms. The molecule has 1 aromatic carbocycles. The summed E-state index contributed by atoms with van der Waals surface area (Å²) < 4.78 is 5.09. The van der Waals surface area contributed by atoms with Gasteiger partial charge in [0.25, 0.3) is 0 Å². The van der Waals surface area contributed by atoms with E-state index in [0.717, 1.165) is 16.8 Å². The van der Waals surface area contributed by atoms with Crippen LogP contribution in [0, 0.1) is 6.92 Å². The summed E-state index contributed by atoms with van der Waals surface area (Å²) in [7, 11) is 0. The first-order valence-corrected chi connectivity index (χ1v) is 6.42. The smallest absolute Gasteiger partial charge is 0.211 e. The van der Waals surface area contributed by atoms with Crippen LogP contribution >= 0.6 is 15.9 Å². The quantitative estimate of drug-likeness (QED) is 0.642. The molecule has 17 heavy (non-hydrogen) atoms. The summed E-state index contributed by atoms with van der Waals surface area (Å²) in [6, 6.07) is 9.99. The molecular formula is C13H12BrNO2. The number of carbonyl (C=O) groups is 1. The van der Waals surface area contributed by atoms with E-state index in [-0.39, 0.29) is 11.1 Å². The number of hydrogen-bond donors (Lipinski definition) is 0. The number of ketones is 1. The highest BCUT2D eigenvalue weighted by atomic mass is 79.9.